The molecule has 1 aliphatic rings. The van der Waals surface area contributed by atoms with Crippen molar-refractivity contribution in [3.05, 3.63) is 23.8 Å². The highest BCUT2D eigenvalue weighted by atomic mass is 16.5. The summed E-state index contributed by atoms with van der Waals surface area (Å²) in [5.74, 6) is 1.04. The molecule has 5 atom stereocenters. The highest BCUT2D eigenvalue weighted by molar-refractivity contribution is 5.83. The normalized spacial score (nSPS) is 21.2. The summed E-state index contributed by atoms with van der Waals surface area (Å²) in [6.45, 7) is 13.1. The molecule has 1 saturated heterocycles. The number of aliphatic hydroxyl groups is 1. The first kappa shape index (κ1) is 32.8. The molecule has 2 rings (SSSR count). The first-order valence-electron chi connectivity index (χ1n) is 14.1. The number of amides is 2. The number of rotatable bonds is 16. The molecule has 0 aliphatic carbocycles. The number of carbonyl (C=O) groups is 2. The third-order valence-electron chi connectivity index (χ3n) is 7.97. The van der Waals surface area contributed by atoms with Crippen LogP contribution in [0.3, 0.4) is 0 Å². The van der Waals surface area contributed by atoms with Crippen molar-refractivity contribution in [2.24, 2.45) is 34.8 Å². The van der Waals surface area contributed by atoms with Gasteiger partial charge in [0.05, 0.1) is 25.2 Å². The average Bonchev–Trinajstić information content (AvgIpc) is 3.34. The number of nitrogens with two attached hydrogens (primary N) is 1. The maximum absolute atomic E-state index is 13.1. The van der Waals surface area contributed by atoms with E-state index in [1.54, 1.807) is 28.1 Å². The molecule has 1 aromatic carbocycles. The van der Waals surface area contributed by atoms with Crippen LogP contribution >= 0.6 is 0 Å². The summed E-state index contributed by atoms with van der Waals surface area (Å²) in [4.78, 5) is 24.7. The Bertz CT molecular complexity index is 935. The minimum atomic E-state index is -0.842. The van der Waals surface area contributed by atoms with Crippen LogP contribution in [0, 0.1) is 29.1 Å². The van der Waals surface area contributed by atoms with Gasteiger partial charge in [-0.25, -0.2) is 0 Å². The van der Waals surface area contributed by atoms with Gasteiger partial charge in [0, 0.05) is 44.7 Å². The zero-order valence-electron chi connectivity index (χ0n) is 25.1. The number of carbonyl (C=O) groups excluding carboxylic acids is 2. The summed E-state index contributed by atoms with van der Waals surface area (Å²) in [7, 11) is 3.30. The van der Waals surface area contributed by atoms with Crippen LogP contribution in [0.4, 0.5) is 0 Å². The van der Waals surface area contributed by atoms with E-state index in [0.29, 0.717) is 43.0 Å². The summed E-state index contributed by atoms with van der Waals surface area (Å²) in [5, 5.41) is 17.9. The third-order valence-corrected chi connectivity index (χ3v) is 7.97. The molecule has 0 spiro atoms. The lowest BCUT2D eigenvalue weighted by Gasteiger charge is -2.28. The predicted octanol–water partition coefficient (Wildman–Crippen LogP) is 3.44. The van der Waals surface area contributed by atoms with Crippen LogP contribution in [0.2, 0.25) is 0 Å². The van der Waals surface area contributed by atoms with E-state index in [9.17, 15) is 14.7 Å². The van der Waals surface area contributed by atoms with Crippen LogP contribution < -0.4 is 25.8 Å². The number of nitrogens with one attached hydrogen (secondary N) is 2. The molecule has 1 aliphatic heterocycles. The zero-order chi connectivity index (χ0) is 29.3. The van der Waals surface area contributed by atoms with E-state index >= 15 is 0 Å². The van der Waals surface area contributed by atoms with Gasteiger partial charge in [-0.3, -0.25) is 9.59 Å². The van der Waals surface area contributed by atoms with Crippen LogP contribution in [0.25, 0.3) is 0 Å². The van der Waals surface area contributed by atoms with E-state index < -0.39 is 23.3 Å². The molecule has 5 N–H and O–H groups in total. The Balaban J connectivity index is 2.16. The molecule has 0 bridgehead atoms. The first-order chi connectivity index (χ1) is 18.3. The van der Waals surface area contributed by atoms with Gasteiger partial charge in [0.1, 0.15) is 0 Å². The maximum atomic E-state index is 13.1. The lowest BCUT2D eigenvalue weighted by molar-refractivity contribution is -0.130. The molecular formula is C30H51N3O6. The number of hydrogen-bond acceptors (Lipinski definition) is 7. The van der Waals surface area contributed by atoms with Gasteiger partial charge in [-0.15, -0.1) is 0 Å². The fourth-order valence-corrected chi connectivity index (χ4v) is 5.14. The summed E-state index contributed by atoms with van der Waals surface area (Å²) in [6.07, 6.45) is 1.19. The molecule has 0 saturated carbocycles. The van der Waals surface area contributed by atoms with E-state index in [-0.39, 0.29) is 30.5 Å². The molecule has 2 amide bonds. The summed E-state index contributed by atoms with van der Waals surface area (Å²) in [5.41, 5.74) is 5.70. The Morgan fingerprint density at radius 2 is 1.85 bits per heavy atom. The number of primary amides is 1. The number of aliphatic hydroxyl groups excluding tert-OH is 1. The fourth-order valence-electron chi connectivity index (χ4n) is 5.14. The van der Waals surface area contributed by atoms with E-state index in [2.05, 4.69) is 24.5 Å². The largest absolute Gasteiger partial charge is 0.493 e. The van der Waals surface area contributed by atoms with Crippen molar-refractivity contribution in [3.8, 4) is 11.5 Å². The first-order valence-corrected chi connectivity index (χ1v) is 14.1. The molecule has 1 aromatic rings. The highest BCUT2D eigenvalue weighted by Gasteiger charge is 2.41. The van der Waals surface area contributed by atoms with E-state index in [4.69, 9.17) is 19.9 Å². The molecule has 39 heavy (non-hydrogen) atoms. The summed E-state index contributed by atoms with van der Waals surface area (Å²) in [6, 6.07) is 5.87. The van der Waals surface area contributed by atoms with Crippen molar-refractivity contribution in [3.63, 3.8) is 0 Å². The summed E-state index contributed by atoms with van der Waals surface area (Å²) < 4.78 is 16.6. The molecule has 9 nitrogen and oxygen atoms in total. The van der Waals surface area contributed by atoms with Crippen molar-refractivity contribution in [2.75, 3.05) is 34.0 Å². The Labute approximate surface area is 234 Å². The van der Waals surface area contributed by atoms with Crippen LogP contribution in [-0.2, 0) is 14.3 Å². The topological polar surface area (TPSA) is 132 Å². The number of ether oxygens (including phenoxy) is 3. The molecular weight excluding hydrogens is 498 g/mol. The minimum absolute atomic E-state index is 0.0221. The molecule has 222 valence electrons. The molecule has 1 fully saturated rings. The quantitative estimate of drug-likeness (QED) is 0.232. The van der Waals surface area contributed by atoms with Gasteiger partial charge in [0.15, 0.2) is 11.5 Å². The number of methoxy groups -OCH3 is 2. The molecule has 0 radical (unpaired) electrons. The minimum Gasteiger partial charge on any atom is -0.493 e. The standard InChI is InChI=1S/C30H51N3O6/c1-18(2)21-15-23(24(34)16-22(19(3)4)28(35)32-17-30(5,6)29(31)36)33-27(21)20-10-11-25(38-8)26(14-20)39-13-9-12-37-7/h10-11,14,18-19,21-24,27,33-34H,9,12-13,15-17H2,1-8H3,(H2,31,36)(H,32,35)/t21-,22-,23-,24-,27?/m0/s1. The van der Waals surface area contributed by atoms with Crippen molar-refractivity contribution in [2.45, 2.75) is 79.0 Å². The van der Waals surface area contributed by atoms with Crippen molar-refractivity contribution in [1.82, 2.24) is 10.6 Å². The Morgan fingerprint density at radius 3 is 2.41 bits per heavy atom. The van der Waals surface area contributed by atoms with Gasteiger partial charge >= 0.3 is 0 Å². The Hall–Kier alpha value is -2.36. The fraction of sp³-hybridized carbons (Fsp3) is 0.733. The molecule has 1 unspecified atom stereocenters. The SMILES string of the molecule is COCCCOc1cc(C2N[C@H]([C@@H](O)C[C@H](C(=O)NCC(C)(C)C(N)=O)C(C)C)C[C@H]2C(C)C)ccc1OC. The highest BCUT2D eigenvalue weighted by Crippen LogP contribution is 2.41. The third kappa shape index (κ3) is 9.08. The second-order valence-corrected chi connectivity index (χ2v) is 12.1. The molecule has 1 heterocycles. The van der Waals surface area contributed by atoms with Gasteiger partial charge < -0.3 is 35.7 Å². The monoisotopic (exact) mass is 549 g/mol. The number of benzene rings is 1. The lowest BCUT2D eigenvalue weighted by Crippen LogP contribution is -2.46. The van der Waals surface area contributed by atoms with Crippen molar-refractivity contribution >= 4 is 11.8 Å². The van der Waals surface area contributed by atoms with Crippen molar-refractivity contribution < 1.29 is 28.9 Å². The predicted molar refractivity (Wildman–Crippen MR) is 153 cm³/mol. The van der Waals surface area contributed by atoms with E-state index in [1.807, 2.05) is 32.0 Å². The maximum Gasteiger partial charge on any atom is 0.224 e. The van der Waals surface area contributed by atoms with Gasteiger partial charge in [-0.2, -0.15) is 0 Å². The van der Waals surface area contributed by atoms with Gasteiger partial charge in [-0.05, 0) is 62.1 Å². The van der Waals surface area contributed by atoms with Gasteiger partial charge in [-0.1, -0.05) is 33.8 Å². The second-order valence-electron chi connectivity index (χ2n) is 12.1. The second kappa shape index (κ2) is 14.9. The number of hydrogen-bond donors (Lipinski definition) is 4. The average molecular weight is 550 g/mol. The van der Waals surface area contributed by atoms with Crippen LogP contribution in [-0.4, -0.2) is 63.0 Å². The van der Waals surface area contributed by atoms with Gasteiger partial charge in [0.25, 0.3) is 0 Å². The lowest BCUT2D eigenvalue weighted by atomic mass is 9.82. The van der Waals surface area contributed by atoms with E-state index in [0.717, 1.165) is 18.4 Å². The zero-order valence-corrected chi connectivity index (χ0v) is 25.1. The van der Waals surface area contributed by atoms with Crippen LogP contribution in [0.15, 0.2) is 18.2 Å². The Kier molecular flexibility index (Phi) is 12.5. The molecule has 9 heteroatoms. The summed E-state index contributed by atoms with van der Waals surface area (Å²) >= 11 is 0. The van der Waals surface area contributed by atoms with Crippen LogP contribution in [0.1, 0.15) is 72.4 Å². The smallest absolute Gasteiger partial charge is 0.224 e. The van der Waals surface area contributed by atoms with Crippen molar-refractivity contribution in [1.29, 1.82) is 0 Å². The van der Waals surface area contributed by atoms with Crippen LogP contribution in [0.5, 0.6) is 11.5 Å². The van der Waals surface area contributed by atoms with Gasteiger partial charge in [0.2, 0.25) is 11.8 Å². The molecule has 0 aromatic heterocycles. The van der Waals surface area contributed by atoms with E-state index in [1.165, 1.54) is 0 Å². The Morgan fingerprint density at radius 1 is 1.15 bits per heavy atom.